The van der Waals surface area contributed by atoms with Gasteiger partial charge in [0.2, 0.25) is 0 Å². The fourth-order valence-electron chi connectivity index (χ4n) is 5.13. The number of nitrogens with one attached hydrogen (secondary N) is 1. The van der Waals surface area contributed by atoms with Gasteiger partial charge in [-0.15, -0.1) is 0 Å². The normalized spacial score (nSPS) is 15.4. The molecule has 3 aromatic rings. The molecule has 0 aromatic heterocycles. The van der Waals surface area contributed by atoms with Crippen LogP contribution in [0.15, 0.2) is 72.8 Å². The van der Waals surface area contributed by atoms with Crippen LogP contribution in [0.1, 0.15) is 61.0 Å². The van der Waals surface area contributed by atoms with Crippen LogP contribution in [0.3, 0.4) is 0 Å². The average Bonchev–Trinajstić information content (AvgIpc) is 2.89. The molecule has 0 bridgehead atoms. The van der Waals surface area contributed by atoms with E-state index in [1.807, 2.05) is 18.2 Å². The molecule has 0 spiro atoms. The summed E-state index contributed by atoms with van der Waals surface area (Å²) in [5, 5.41) is 2.99. The lowest BCUT2D eigenvalue weighted by Gasteiger charge is -2.33. The predicted molar refractivity (Wildman–Crippen MR) is 142 cm³/mol. The van der Waals surface area contributed by atoms with Gasteiger partial charge in [-0.2, -0.15) is 13.2 Å². The molecule has 38 heavy (non-hydrogen) atoms. The van der Waals surface area contributed by atoms with Gasteiger partial charge in [0.1, 0.15) is 5.82 Å². The molecule has 0 unspecified atom stereocenters. The lowest BCUT2D eigenvalue weighted by Crippen LogP contribution is -2.45. The Balaban J connectivity index is 1.33. The third-order valence-corrected chi connectivity index (χ3v) is 7.50. The summed E-state index contributed by atoms with van der Waals surface area (Å²) in [5.41, 5.74) is 1.45. The largest absolute Gasteiger partial charge is 0.416 e. The van der Waals surface area contributed by atoms with Crippen molar-refractivity contribution in [3.8, 4) is 11.1 Å². The molecular formula is C31H34F4N2O. The van der Waals surface area contributed by atoms with Crippen molar-refractivity contribution in [3.05, 3.63) is 95.3 Å². The number of hydrogen-bond donors (Lipinski definition) is 1. The maximum Gasteiger partial charge on any atom is 0.416 e. The summed E-state index contributed by atoms with van der Waals surface area (Å²) in [6, 6.07) is 18.9. The van der Waals surface area contributed by atoms with Crippen LogP contribution in [0.2, 0.25) is 0 Å². The number of alkyl halides is 3. The van der Waals surface area contributed by atoms with E-state index in [0.717, 1.165) is 63.0 Å². The van der Waals surface area contributed by atoms with E-state index in [1.165, 1.54) is 18.2 Å². The van der Waals surface area contributed by atoms with Gasteiger partial charge in [-0.3, -0.25) is 4.79 Å². The van der Waals surface area contributed by atoms with Gasteiger partial charge in [0.15, 0.2) is 0 Å². The Morgan fingerprint density at radius 1 is 0.921 bits per heavy atom. The second-order valence-electron chi connectivity index (χ2n) is 10.7. The van der Waals surface area contributed by atoms with Crippen LogP contribution in [0.5, 0.6) is 0 Å². The van der Waals surface area contributed by atoms with Crippen molar-refractivity contribution in [1.82, 2.24) is 10.2 Å². The van der Waals surface area contributed by atoms with E-state index in [2.05, 4.69) is 24.1 Å². The smallest absolute Gasteiger partial charge is 0.349 e. The van der Waals surface area contributed by atoms with Gasteiger partial charge in [0, 0.05) is 24.7 Å². The lowest BCUT2D eigenvalue weighted by atomic mass is 9.80. The van der Waals surface area contributed by atoms with Crippen molar-refractivity contribution in [2.75, 3.05) is 19.6 Å². The Kier molecular flexibility index (Phi) is 8.56. The number of benzene rings is 3. The van der Waals surface area contributed by atoms with E-state index >= 15 is 0 Å². The molecule has 0 saturated carbocycles. The number of likely N-dealkylation sites (tertiary alicyclic amines) is 1. The minimum atomic E-state index is -4.53. The molecule has 1 N–H and O–H groups in total. The van der Waals surface area contributed by atoms with Crippen molar-refractivity contribution < 1.29 is 22.4 Å². The fraction of sp³-hybridized carbons (Fsp3) is 0.387. The van der Waals surface area contributed by atoms with Crippen LogP contribution >= 0.6 is 0 Å². The van der Waals surface area contributed by atoms with Gasteiger partial charge in [-0.25, -0.2) is 4.39 Å². The van der Waals surface area contributed by atoms with Crippen molar-refractivity contribution in [2.45, 2.75) is 57.2 Å². The number of nitrogens with zero attached hydrogens (tertiary/aromatic N) is 1. The monoisotopic (exact) mass is 526 g/mol. The average molecular weight is 527 g/mol. The number of carbonyl (C=O) groups excluding carboxylic acids is 1. The third kappa shape index (κ3) is 7.01. The molecule has 3 nitrogen and oxygen atoms in total. The summed E-state index contributed by atoms with van der Waals surface area (Å²) in [4.78, 5) is 15.6. The molecule has 1 heterocycles. The van der Waals surface area contributed by atoms with Crippen molar-refractivity contribution >= 4 is 5.91 Å². The Morgan fingerprint density at radius 3 is 2.18 bits per heavy atom. The molecule has 0 aliphatic carbocycles. The minimum absolute atomic E-state index is 0.0384. The Hall–Kier alpha value is -3.19. The van der Waals surface area contributed by atoms with Crippen LogP contribution in [-0.2, 0) is 11.6 Å². The quantitative estimate of drug-likeness (QED) is 0.309. The maximum atomic E-state index is 13.4. The highest BCUT2D eigenvalue weighted by atomic mass is 19.4. The van der Waals surface area contributed by atoms with Crippen molar-refractivity contribution in [2.24, 2.45) is 0 Å². The predicted octanol–water partition coefficient (Wildman–Crippen LogP) is 7.46. The Bertz CT molecular complexity index is 1210. The molecule has 4 rings (SSSR count). The van der Waals surface area contributed by atoms with Crippen LogP contribution in [0.4, 0.5) is 17.6 Å². The summed E-state index contributed by atoms with van der Waals surface area (Å²) < 4.78 is 53.5. The van der Waals surface area contributed by atoms with E-state index < -0.39 is 17.6 Å². The zero-order valence-corrected chi connectivity index (χ0v) is 21.8. The van der Waals surface area contributed by atoms with Gasteiger partial charge in [0.25, 0.3) is 5.91 Å². The van der Waals surface area contributed by atoms with E-state index in [1.54, 1.807) is 24.3 Å². The molecule has 7 heteroatoms. The third-order valence-electron chi connectivity index (χ3n) is 7.50. The molecule has 202 valence electrons. The summed E-state index contributed by atoms with van der Waals surface area (Å²) in [6.07, 6.45) is -1.08. The maximum absolute atomic E-state index is 13.4. The van der Waals surface area contributed by atoms with Crippen molar-refractivity contribution in [1.29, 1.82) is 0 Å². The summed E-state index contributed by atoms with van der Waals surface area (Å²) in [6.45, 7) is 6.89. The fourth-order valence-corrected chi connectivity index (χ4v) is 5.13. The van der Waals surface area contributed by atoms with Crippen LogP contribution in [0, 0.1) is 5.82 Å². The molecule has 1 saturated heterocycles. The second-order valence-corrected chi connectivity index (χ2v) is 10.7. The van der Waals surface area contributed by atoms with Gasteiger partial charge in [-0.1, -0.05) is 62.4 Å². The topological polar surface area (TPSA) is 32.3 Å². The highest BCUT2D eigenvalue weighted by Gasteiger charge is 2.32. The summed E-state index contributed by atoms with van der Waals surface area (Å²) in [5.74, 6) is -0.710. The number of amides is 1. The molecule has 0 atom stereocenters. The van der Waals surface area contributed by atoms with E-state index in [9.17, 15) is 22.4 Å². The summed E-state index contributed by atoms with van der Waals surface area (Å²) >= 11 is 0. The second kappa shape index (κ2) is 11.7. The first-order chi connectivity index (χ1) is 18.0. The standard InChI is InChI=1S/C31H34F4N2O/c1-30(2,23-9-12-25(32)13-10-23)17-6-18-37-19-15-26(16-20-37)36-29(38)28-21-24(31(33,34)35)11-14-27(28)22-7-4-3-5-8-22/h3-5,7-14,21,26H,6,15-20H2,1-2H3,(H,36,38). The number of carbonyl (C=O) groups is 1. The number of hydrogen-bond acceptors (Lipinski definition) is 2. The SMILES string of the molecule is CC(C)(CCCN1CCC(NC(=O)c2cc(C(F)(F)F)ccc2-c2ccccc2)CC1)c1ccc(F)cc1. The van der Waals surface area contributed by atoms with E-state index in [-0.39, 0.29) is 22.8 Å². The van der Waals surface area contributed by atoms with Gasteiger partial charge >= 0.3 is 6.18 Å². The number of piperidine rings is 1. The van der Waals surface area contributed by atoms with E-state index in [0.29, 0.717) is 11.1 Å². The van der Waals surface area contributed by atoms with Crippen LogP contribution in [-0.4, -0.2) is 36.5 Å². The molecule has 0 radical (unpaired) electrons. The Morgan fingerprint density at radius 2 is 1.55 bits per heavy atom. The first-order valence-corrected chi connectivity index (χ1v) is 13.1. The zero-order valence-electron chi connectivity index (χ0n) is 21.8. The Labute approximate surface area is 221 Å². The van der Waals surface area contributed by atoms with E-state index in [4.69, 9.17) is 0 Å². The van der Waals surface area contributed by atoms with Crippen LogP contribution < -0.4 is 5.32 Å². The molecule has 1 amide bonds. The van der Waals surface area contributed by atoms with Crippen LogP contribution in [0.25, 0.3) is 11.1 Å². The van der Waals surface area contributed by atoms with Crippen molar-refractivity contribution in [3.63, 3.8) is 0 Å². The number of halogens is 4. The van der Waals surface area contributed by atoms with Gasteiger partial charge in [0.05, 0.1) is 5.56 Å². The highest BCUT2D eigenvalue weighted by Crippen LogP contribution is 2.34. The van der Waals surface area contributed by atoms with Gasteiger partial charge in [-0.05, 0) is 78.6 Å². The lowest BCUT2D eigenvalue weighted by molar-refractivity contribution is -0.137. The molecule has 3 aromatic carbocycles. The first kappa shape index (κ1) is 27.8. The zero-order chi connectivity index (χ0) is 27.3. The highest BCUT2D eigenvalue weighted by molar-refractivity contribution is 6.01. The number of rotatable bonds is 8. The van der Waals surface area contributed by atoms with Gasteiger partial charge < -0.3 is 10.2 Å². The summed E-state index contributed by atoms with van der Waals surface area (Å²) in [7, 11) is 0. The molecule has 1 aliphatic heterocycles. The first-order valence-electron chi connectivity index (χ1n) is 13.1. The minimum Gasteiger partial charge on any atom is -0.349 e. The molecular weight excluding hydrogens is 492 g/mol. The molecule has 1 aliphatic rings. The molecule has 1 fully saturated rings.